The van der Waals surface area contributed by atoms with Crippen molar-refractivity contribution in [3.8, 4) is 5.75 Å². The van der Waals surface area contributed by atoms with Gasteiger partial charge in [-0.2, -0.15) is 0 Å². The Labute approximate surface area is 171 Å². The lowest BCUT2D eigenvalue weighted by Gasteiger charge is -2.39. The Morgan fingerprint density at radius 3 is 2.31 bits per heavy atom. The molecule has 152 valence electrons. The van der Waals surface area contributed by atoms with E-state index < -0.39 is 11.4 Å². The van der Waals surface area contributed by atoms with E-state index in [0.29, 0.717) is 31.5 Å². The first-order chi connectivity index (χ1) is 14.1. The van der Waals surface area contributed by atoms with Gasteiger partial charge in [-0.1, -0.05) is 36.4 Å². The van der Waals surface area contributed by atoms with Crippen molar-refractivity contribution in [1.29, 1.82) is 0 Å². The Hall–Kier alpha value is -2.82. The molecular formula is C24H27NO4. The van der Waals surface area contributed by atoms with Crippen LogP contribution in [0.15, 0.2) is 54.6 Å². The molecule has 5 heteroatoms. The molecule has 29 heavy (non-hydrogen) atoms. The van der Waals surface area contributed by atoms with Crippen LogP contribution in [0, 0.1) is 0 Å². The Kier molecular flexibility index (Phi) is 5.56. The second kappa shape index (κ2) is 8.27. The summed E-state index contributed by atoms with van der Waals surface area (Å²) in [5, 5.41) is 9.94. The molecule has 2 aromatic rings. The average Bonchev–Trinajstić information content (AvgIpc) is 3.27. The van der Waals surface area contributed by atoms with E-state index in [1.807, 2.05) is 48.5 Å². The molecule has 5 nitrogen and oxygen atoms in total. The zero-order valence-electron chi connectivity index (χ0n) is 16.5. The smallest absolute Gasteiger partial charge is 0.314 e. The third-order valence-corrected chi connectivity index (χ3v) is 6.33. The van der Waals surface area contributed by atoms with E-state index in [0.717, 1.165) is 24.2 Å². The lowest BCUT2D eigenvalue weighted by Crippen LogP contribution is -2.49. The largest absolute Gasteiger partial charge is 0.490 e. The van der Waals surface area contributed by atoms with E-state index in [2.05, 4.69) is 0 Å². The molecule has 2 aromatic carbocycles. The van der Waals surface area contributed by atoms with Crippen molar-refractivity contribution >= 4 is 11.9 Å². The van der Waals surface area contributed by atoms with Crippen molar-refractivity contribution in [2.45, 2.75) is 50.0 Å². The number of rotatable bonds is 5. The first-order valence-corrected chi connectivity index (χ1v) is 10.4. The number of carbonyl (C=O) groups is 2. The van der Waals surface area contributed by atoms with Gasteiger partial charge in [0, 0.05) is 18.7 Å². The molecule has 2 aliphatic rings. The molecule has 1 saturated heterocycles. The van der Waals surface area contributed by atoms with Gasteiger partial charge < -0.3 is 14.7 Å². The molecule has 1 aliphatic carbocycles. The lowest BCUT2D eigenvalue weighted by atomic mass is 9.73. The lowest BCUT2D eigenvalue weighted by molar-refractivity contribution is -0.145. The van der Waals surface area contributed by atoms with Gasteiger partial charge in [0.05, 0.1) is 11.5 Å². The highest BCUT2D eigenvalue weighted by atomic mass is 16.5. The van der Waals surface area contributed by atoms with E-state index in [4.69, 9.17) is 4.74 Å². The van der Waals surface area contributed by atoms with Gasteiger partial charge in [-0.15, -0.1) is 0 Å². The standard InChI is InChI=1S/C24H27NO4/c26-22(18-7-6-12-21(17-18)29-20-10-4-5-11-20)25-15-13-24(14-16-25,23(27)28)19-8-2-1-3-9-19/h1-3,6-9,12,17,20H,4-5,10-11,13-16H2,(H,27,28). The molecule has 1 heterocycles. The second-order valence-corrected chi connectivity index (χ2v) is 8.10. The summed E-state index contributed by atoms with van der Waals surface area (Å²) in [6.07, 6.45) is 5.61. The predicted octanol–water partition coefficient (Wildman–Crippen LogP) is 4.27. The van der Waals surface area contributed by atoms with Gasteiger partial charge in [0.25, 0.3) is 5.91 Å². The van der Waals surface area contributed by atoms with E-state index in [1.165, 1.54) is 12.8 Å². The first-order valence-electron chi connectivity index (χ1n) is 10.4. The molecule has 2 fully saturated rings. The number of hydrogen-bond donors (Lipinski definition) is 1. The van der Waals surface area contributed by atoms with Crippen LogP contribution in [0.1, 0.15) is 54.4 Å². The molecule has 0 bridgehead atoms. The first kappa shape index (κ1) is 19.5. The zero-order valence-corrected chi connectivity index (χ0v) is 16.5. The summed E-state index contributed by atoms with van der Waals surface area (Å²) < 4.78 is 6.03. The van der Waals surface area contributed by atoms with Crippen LogP contribution in [0.25, 0.3) is 0 Å². The minimum absolute atomic E-state index is 0.0612. The summed E-state index contributed by atoms with van der Waals surface area (Å²) in [4.78, 5) is 26.9. The predicted molar refractivity (Wildman–Crippen MR) is 110 cm³/mol. The molecule has 4 rings (SSSR count). The van der Waals surface area contributed by atoms with Crippen molar-refractivity contribution in [3.05, 3.63) is 65.7 Å². The SMILES string of the molecule is O=C(c1cccc(OC2CCCC2)c1)N1CCC(C(=O)O)(c2ccccc2)CC1. The van der Waals surface area contributed by atoms with Gasteiger partial charge >= 0.3 is 5.97 Å². The molecule has 0 spiro atoms. The Balaban J connectivity index is 1.45. The molecule has 0 atom stereocenters. The quantitative estimate of drug-likeness (QED) is 0.824. The monoisotopic (exact) mass is 393 g/mol. The number of ether oxygens (including phenoxy) is 1. The molecule has 1 amide bonds. The Morgan fingerprint density at radius 2 is 1.66 bits per heavy atom. The van der Waals surface area contributed by atoms with Crippen LogP contribution in [0.4, 0.5) is 0 Å². The van der Waals surface area contributed by atoms with Crippen LogP contribution in [0.5, 0.6) is 5.75 Å². The van der Waals surface area contributed by atoms with Crippen LogP contribution in [-0.2, 0) is 10.2 Å². The molecule has 0 unspecified atom stereocenters. The van der Waals surface area contributed by atoms with E-state index in [1.54, 1.807) is 11.0 Å². The highest BCUT2D eigenvalue weighted by molar-refractivity contribution is 5.95. The summed E-state index contributed by atoms with van der Waals surface area (Å²) in [7, 11) is 0. The third kappa shape index (κ3) is 4.00. The van der Waals surface area contributed by atoms with Gasteiger partial charge in [0.15, 0.2) is 0 Å². The number of carboxylic acids is 1. The molecule has 1 aliphatic heterocycles. The average molecular weight is 393 g/mol. The van der Waals surface area contributed by atoms with Gasteiger partial charge in [-0.05, 0) is 62.3 Å². The summed E-state index contributed by atoms with van der Waals surface area (Å²) in [6, 6.07) is 16.7. The fourth-order valence-corrected chi connectivity index (χ4v) is 4.56. The van der Waals surface area contributed by atoms with E-state index in [9.17, 15) is 14.7 Å². The van der Waals surface area contributed by atoms with Gasteiger partial charge in [0.2, 0.25) is 0 Å². The Morgan fingerprint density at radius 1 is 0.966 bits per heavy atom. The van der Waals surface area contributed by atoms with Crippen LogP contribution in [0.2, 0.25) is 0 Å². The van der Waals surface area contributed by atoms with E-state index in [-0.39, 0.29) is 12.0 Å². The minimum Gasteiger partial charge on any atom is -0.490 e. The van der Waals surface area contributed by atoms with Crippen LogP contribution in [0.3, 0.4) is 0 Å². The highest BCUT2D eigenvalue weighted by Gasteiger charge is 2.43. The van der Waals surface area contributed by atoms with Crippen molar-refractivity contribution in [2.75, 3.05) is 13.1 Å². The molecule has 0 radical (unpaired) electrons. The number of benzene rings is 2. The number of piperidine rings is 1. The molecule has 0 aromatic heterocycles. The maximum Gasteiger partial charge on any atom is 0.314 e. The number of aliphatic carboxylic acids is 1. The van der Waals surface area contributed by atoms with Crippen LogP contribution < -0.4 is 4.74 Å². The van der Waals surface area contributed by atoms with E-state index >= 15 is 0 Å². The number of nitrogens with zero attached hydrogens (tertiary/aromatic N) is 1. The normalized spacial score (nSPS) is 19.1. The minimum atomic E-state index is -0.925. The number of carbonyl (C=O) groups excluding carboxylic acids is 1. The fraction of sp³-hybridized carbons (Fsp3) is 0.417. The van der Waals surface area contributed by atoms with Crippen molar-refractivity contribution in [3.63, 3.8) is 0 Å². The van der Waals surface area contributed by atoms with Crippen molar-refractivity contribution in [1.82, 2.24) is 4.90 Å². The second-order valence-electron chi connectivity index (χ2n) is 8.10. The number of hydrogen-bond acceptors (Lipinski definition) is 3. The summed E-state index contributed by atoms with van der Waals surface area (Å²) in [5.41, 5.74) is 0.487. The summed E-state index contributed by atoms with van der Waals surface area (Å²) in [6.45, 7) is 0.849. The third-order valence-electron chi connectivity index (χ3n) is 6.33. The van der Waals surface area contributed by atoms with Gasteiger partial charge in [0.1, 0.15) is 5.75 Å². The van der Waals surface area contributed by atoms with Crippen molar-refractivity contribution < 1.29 is 19.4 Å². The highest BCUT2D eigenvalue weighted by Crippen LogP contribution is 2.36. The van der Waals surface area contributed by atoms with Crippen LogP contribution >= 0.6 is 0 Å². The maximum absolute atomic E-state index is 13.0. The Bertz CT molecular complexity index is 865. The maximum atomic E-state index is 13.0. The van der Waals surface area contributed by atoms with Crippen LogP contribution in [-0.4, -0.2) is 41.1 Å². The van der Waals surface area contributed by atoms with Gasteiger partial charge in [-0.3, -0.25) is 9.59 Å². The van der Waals surface area contributed by atoms with Gasteiger partial charge in [-0.25, -0.2) is 0 Å². The number of likely N-dealkylation sites (tertiary alicyclic amines) is 1. The number of amides is 1. The number of carboxylic acid groups (broad SMARTS) is 1. The molecule has 1 saturated carbocycles. The molecule has 1 N–H and O–H groups in total. The summed E-state index contributed by atoms with van der Waals surface area (Å²) >= 11 is 0. The summed E-state index contributed by atoms with van der Waals surface area (Å²) in [5.74, 6) is -0.138. The molecular weight excluding hydrogens is 366 g/mol. The fourth-order valence-electron chi connectivity index (χ4n) is 4.56. The zero-order chi connectivity index (χ0) is 20.3. The topological polar surface area (TPSA) is 66.8 Å². The van der Waals surface area contributed by atoms with Crippen molar-refractivity contribution in [2.24, 2.45) is 0 Å².